The third-order valence-corrected chi connectivity index (χ3v) is 5.25. The molecular formula is C16H17BrN4O2. The fourth-order valence-corrected chi connectivity index (χ4v) is 3.56. The summed E-state index contributed by atoms with van der Waals surface area (Å²) in [6, 6.07) is 7.71. The molecule has 1 aromatic carbocycles. The summed E-state index contributed by atoms with van der Waals surface area (Å²) in [6.45, 7) is 0.644. The number of benzene rings is 1. The Bertz CT molecular complexity index is 756. The number of amides is 1. The number of hydrogen-bond donors (Lipinski definition) is 1. The molecule has 1 aliphatic carbocycles. The van der Waals surface area contributed by atoms with Gasteiger partial charge in [0.05, 0.1) is 5.54 Å². The van der Waals surface area contributed by atoms with E-state index in [-0.39, 0.29) is 11.8 Å². The third kappa shape index (κ3) is 2.48. The highest BCUT2D eigenvalue weighted by atomic mass is 79.9. The largest absolute Gasteiger partial charge is 0.338 e. The second-order valence-electron chi connectivity index (χ2n) is 6.28. The Morgan fingerprint density at radius 1 is 1.39 bits per heavy atom. The number of rotatable bonds is 3. The molecular weight excluding hydrogens is 360 g/mol. The zero-order chi connectivity index (χ0) is 16.0. The zero-order valence-corrected chi connectivity index (χ0v) is 14.1. The monoisotopic (exact) mass is 376 g/mol. The first-order valence-electron chi connectivity index (χ1n) is 7.77. The fraction of sp³-hybridized carbons (Fsp3) is 0.438. The zero-order valence-electron chi connectivity index (χ0n) is 12.5. The van der Waals surface area contributed by atoms with Crippen LogP contribution in [0, 0.1) is 0 Å². The van der Waals surface area contributed by atoms with Gasteiger partial charge in [-0.3, -0.25) is 4.79 Å². The second kappa shape index (κ2) is 5.42. The van der Waals surface area contributed by atoms with Gasteiger partial charge in [0.15, 0.2) is 5.82 Å². The van der Waals surface area contributed by atoms with E-state index >= 15 is 0 Å². The van der Waals surface area contributed by atoms with E-state index in [2.05, 4.69) is 26.1 Å². The molecule has 2 aromatic rings. The van der Waals surface area contributed by atoms with Crippen molar-refractivity contribution < 1.29 is 9.32 Å². The number of aromatic nitrogens is 2. The number of carbonyl (C=O) groups is 1. The van der Waals surface area contributed by atoms with Crippen LogP contribution >= 0.6 is 15.9 Å². The molecule has 2 N–H and O–H groups in total. The quantitative estimate of drug-likeness (QED) is 0.889. The van der Waals surface area contributed by atoms with Crippen LogP contribution in [0.15, 0.2) is 33.3 Å². The molecule has 6 nitrogen and oxygen atoms in total. The number of nitrogens with zero attached hydrogens (tertiary/aromatic N) is 3. The molecule has 2 aliphatic rings. The lowest BCUT2D eigenvalue weighted by Crippen LogP contribution is -2.44. The summed E-state index contributed by atoms with van der Waals surface area (Å²) in [5.41, 5.74) is 6.63. The van der Waals surface area contributed by atoms with Crippen molar-refractivity contribution in [1.82, 2.24) is 10.1 Å². The van der Waals surface area contributed by atoms with Gasteiger partial charge in [0.2, 0.25) is 11.8 Å². The van der Waals surface area contributed by atoms with Gasteiger partial charge in [0.25, 0.3) is 0 Å². The van der Waals surface area contributed by atoms with Crippen molar-refractivity contribution in [1.29, 1.82) is 0 Å². The summed E-state index contributed by atoms with van der Waals surface area (Å²) in [6.07, 6.45) is 3.49. The molecule has 1 aromatic heterocycles. The first-order chi connectivity index (χ1) is 11.1. The van der Waals surface area contributed by atoms with Gasteiger partial charge in [0.1, 0.15) is 5.92 Å². The molecule has 23 heavy (non-hydrogen) atoms. The molecule has 120 valence electrons. The summed E-state index contributed by atoms with van der Waals surface area (Å²) in [4.78, 5) is 18.9. The van der Waals surface area contributed by atoms with Gasteiger partial charge in [-0.15, -0.1) is 0 Å². The normalized spacial score (nSPS) is 23.1. The lowest BCUT2D eigenvalue weighted by Gasteiger charge is -2.34. The van der Waals surface area contributed by atoms with E-state index < -0.39 is 5.54 Å². The minimum absolute atomic E-state index is 0.00187. The van der Waals surface area contributed by atoms with Crippen molar-refractivity contribution in [3.63, 3.8) is 0 Å². The SMILES string of the molecule is NC1(c2noc(C3CCN(c4cccc(Br)c4)C3=O)n2)CCC1. The minimum atomic E-state index is -0.465. The van der Waals surface area contributed by atoms with Crippen LogP contribution in [-0.4, -0.2) is 22.6 Å². The van der Waals surface area contributed by atoms with Gasteiger partial charge in [-0.25, -0.2) is 0 Å². The summed E-state index contributed by atoms with van der Waals surface area (Å²) in [7, 11) is 0. The van der Waals surface area contributed by atoms with Gasteiger partial charge < -0.3 is 15.2 Å². The average Bonchev–Trinajstić information content (AvgIpc) is 3.11. The Morgan fingerprint density at radius 3 is 2.91 bits per heavy atom. The predicted octanol–water partition coefficient (Wildman–Crippen LogP) is 2.69. The predicted molar refractivity (Wildman–Crippen MR) is 87.9 cm³/mol. The van der Waals surface area contributed by atoms with Crippen molar-refractivity contribution in [3.8, 4) is 0 Å². The van der Waals surface area contributed by atoms with Gasteiger partial charge in [-0.2, -0.15) is 4.98 Å². The summed E-state index contributed by atoms with van der Waals surface area (Å²) in [5.74, 6) is 0.545. The molecule has 1 amide bonds. The molecule has 1 unspecified atom stereocenters. The van der Waals surface area contributed by atoms with E-state index in [0.29, 0.717) is 24.7 Å². The van der Waals surface area contributed by atoms with Crippen LogP contribution in [0.4, 0.5) is 5.69 Å². The lowest BCUT2D eigenvalue weighted by atomic mass is 9.77. The van der Waals surface area contributed by atoms with Crippen LogP contribution in [-0.2, 0) is 10.3 Å². The first-order valence-corrected chi connectivity index (χ1v) is 8.56. The minimum Gasteiger partial charge on any atom is -0.338 e. The van der Waals surface area contributed by atoms with Crippen molar-refractivity contribution in [2.75, 3.05) is 11.4 Å². The third-order valence-electron chi connectivity index (χ3n) is 4.76. The van der Waals surface area contributed by atoms with E-state index in [1.54, 1.807) is 4.90 Å². The fourth-order valence-electron chi connectivity index (χ4n) is 3.17. The lowest BCUT2D eigenvalue weighted by molar-refractivity contribution is -0.118. The van der Waals surface area contributed by atoms with Crippen molar-refractivity contribution in [2.45, 2.75) is 37.1 Å². The number of halogens is 1. The number of hydrogen-bond acceptors (Lipinski definition) is 5. The van der Waals surface area contributed by atoms with Gasteiger partial charge in [-0.1, -0.05) is 27.2 Å². The number of nitrogens with two attached hydrogens (primary N) is 1. The van der Waals surface area contributed by atoms with Crippen LogP contribution < -0.4 is 10.6 Å². The molecule has 4 rings (SSSR count). The first kappa shape index (κ1) is 14.8. The molecule has 1 atom stereocenters. The van der Waals surface area contributed by atoms with Gasteiger partial charge in [0, 0.05) is 16.7 Å². The highest BCUT2D eigenvalue weighted by Gasteiger charge is 2.42. The van der Waals surface area contributed by atoms with Crippen LogP contribution in [0.3, 0.4) is 0 Å². The smallest absolute Gasteiger partial charge is 0.239 e. The van der Waals surface area contributed by atoms with E-state index in [1.165, 1.54) is 0 Å². The Hall–Kier alpha value is -1.73. The molecule has 0 bridgehead atoms. The van der Waals surface area contributed by atoms with E-state index in [1.807, 2.05) is 24.3 Å². The van der Waals surface area contributed by atoms with Crippen LogP contribution in [0.2, 0.25) is 0 Å². The number of anilines is 1. The Labute approximate surface area is 142 Å². The topological polar surface area (TPSA) is 85.2 Å². The van der Waals surface area contributed by atoms with Gasteiger partial charge in [-0.05, 0) is 43.9 Å². The average molecular weight is 377 g/mol. The molecule has 1 aliphatic heterocycles. The standard InChI is InChI=1S/C16H17BrN4O2/c17-10-3-1-4-11(9-10)21-8-5-12(14(21)22)13-19-15(20-23-13)16(18)6-2-7-16/h1,3-4,9,12H,2,5-8,18H2. The molecule has 1 saturated carbocycles. The second-order valence-corrected chi connectivity index (χ2v) is 7.19. The maximum atomic E-state index is 12.7. The molecule has 1 saturated heterocycles. The Balaban J connectivity index is 1.56. The van der Waals surface area contributed by atoms with Crippen LogP contribution in [0.25, 0.3) is 0 Å². The van der Waals surface area contributed by atoms with Gasteiger partial charge >= 0.3 is 0 Å². The van der Waals surface area contributed by atoms with Crippen molar-refractivity contribution in [2.24, 2.45) is 5.73 Å². The van der Waals surface area contributed by atoms with E-state index in [9.17, 15) is 4.79 Å². The molecule has 0 spiro atoms. The molecule has 7 heteroatoms. The summed E-state index contributed by atoms with van der Waals surface area (Å²) >= 11 is 3.44. The van der Waals surface area contributed by atoms with E-state index in [0.717, 1.165) is 29.4 Å². The highest BCUT2D eigenvalue weighted by molar-refractivity contribution is 9.10. The van der Waals surface area contributed by atoms with Crippen molar-refractivity contribution in [3.05, 3.63) is 40.5 Å². The Morgan fingerprint density at radius 2 is 2.22 bits per heavy atom. The summed E-state index contributed by atoms with van der Waals surface area (Å²) < 4.78 is 6.30. The van der Waals surface area contributed by atoms with Crippen LogP contribution in [0.1, 0.15) is 43.3 Å². The summed E-state index contributed by atoms with van der Waals surface area (Å²) in [5, 5.41) is 4.01. The van der Waals surface area contributed by atoms with E-state index in [4.69, 9.17) is 10.3 Å². The Kier molecular flexibility index (Phi) is 3.50. The van der Waals surface area contributed by atoms with Crippen LogP contribution in [0.5, 0.6) is 0 Å². The molecule has 2 fully saturated rings. The maximum absolute atomic E-state index is 12.7. The number of carbonyl (C=O) groups excluding carboxylic acids is 1. The molecule has 2 heterocycles. The molecule has 0 radical (unpaired) electrons. The van der Waals surface area contributed by atoms with Crippen molar-refractivity contribution >= 4 is 27.5 Å². The maximum Gasteiger partial charge on any atom is 0.239 e. The highest BCUT2D eigenvalue weighted by Crippen LogP contribution is 2.38.